The molecule has 2 aromatic carbocycles. The minimum Gasteiger partial charge on any atom is -0.497 e. The lowest BCUT2D eigenvalue weighted by atomic mass is 10.2. The highest BCUT2D eigenvalue weighted by atomic mass is 16.5. The smallest absolute Gasteiger partial charge is 0.223 e. The molecule has 7 heteroatoms. The van der Waals surface area contributed by atoms with E-state index in [1.54, 1.807) is 55.6 Å². The quantitative estimate of drug-likeness (QED) is 0.674. The number of hydrogen-bond donors (Lipinski definition) is 1. The molecule has 0 unspecified atom stereocenters. The summed E-state index contributed by atoms with van der Waals surface area (Å²) in [6, 6.07) is 16.0. The molecule has 0 aromatic heterocycles. The zero-order valence-corrected chi connectivity index (χ0v) is 16.0. The second-order valence-corrected chi connectivity index (χ2v) is 5.96. The maximum Gasteiger partial charge on any atom is 0.223 e. The summed E-state index contributed by atoms with van der Waals surface area (Å²) in [4.78, 5) is 25.4. The summed E-state index contributed by atoms with van der Waals surface area (Å²) in [6.07, 6.45) is 0.152. The first kappa shape index (κ1) is 20.8. The standard InChI is InChI=1S/C21H23N3O4/c1-16(25)24(18-5-3-4-17(14-18)15-22)12-10-21(26)23-11-13-28-20-8-6-19(27-2)7-9-20/h3-9,14H,10-13H2,1-2H3,(H,23,26). The van der Waals surface area contributed by atoms with E-state index in [9.17, 15) is 9.59 Å². The van der Waals surface area contributed by atoms with E-state index in [1.165, 1.54) is 11.8 Å². The fourth-order valence-electron chi connectivity index (χ4n) is 2.54. The topological polar surface area (TPSA) is 91.7 Å². The molecule has 0 spiro atoms. The molecule has 0 aliphatic rings. The van der Waals surface area contributed by atoms with E-state index in [1.807, 2.05) is 6.07 Å². The fourth-order valence-corrected chi connectivity index (χ4v) is 2.54. The van der Waals surface area contributed by atoms with Crippen molar-refractivity contribution < 1.29 is 19.1 Å². The highest BCUT2D eigenvalue weighted by Gasteiger charge is 2.13. The first-order valence-electron chi connectivity index (χ1n) is 8.85. The highest BCUT2D eigenvalue weighted by Crippen LogP contribution is 2.17. The summed E-state index contributed by atoms with van der Waals surface area (Å²) in [5.74, 6) is 1.07. The molecule has 0 radical (unpaired) electrons. The van der Waals surface area contributed by atoms with Crippen LogP contribution >= 0.6 is 0 Å². The number of nitrogens with zero attached hydrogens (tertiary/aromatic N) is 2. The van der Waals surface area contributed by atoms with Gasteiger partial charge in [0.05, 0.1) is 25.3 Å². The number of ether oxygens (including phenoxy) is 2. The van der Waals surface area contributed by atoms with Crippen molar-refractivity contribution in [2.45, 2.75) is 13.3 Å². The third-order valence-electron chi connectivity index (χ3n) is 3.98. The monoisotopic (exact) mass is 381 g/mol. The van der Waals surface area contributed by atoms with E-state index in [-0.39, 0.29) is 24.8 Å². The second kappa shape index (κ2) is 10.6. The minimum atomic E-state index is -0.189. The number of nitriles is 1. The van der Waals surface area contributed by atoms with E-state index >= 15 is 0 Å². The number of carbonyl (C=O) groups is 2. The molecule has 2 rings (SSSR count). The van der Waals surface area contributed by atoms with Crippen molar-refractivity contribution in [2.75, 3.05) is 31.7 Å². The van der Waals surface area contributed by atoms with Gasteiger partial charge in [-0.2, -0.15) is 5.26 Å². The van der Waals surface area contributed by atoms with Crippen LogP contribution < -0.4 is 19.7 Å². The van der Waals surface area contributed by atoms with Crippen LogP contribution in [-0.2, 0) is 9.59 Å². The van der Waals surface area contributed by atoms with Crippen LogP contribution in [-0.4, -0.2) is 38.6 Å². The molecule has 2 amide bonds. The van der Waals surface area contributed by atoms with Gasteiger partial charge in [-0.3, -0.25) is 9.59 Å². The van der Waals surface area contributed by atoms with Gasteiger partial charge in [-0.05, 0) is 42.5 Å². The van der Waals surface area contributed by atoms with E-state index in [2.05, 4.69) is 5.32 Å². The van der Waals surface area contributed by atoms with Gasteiger partial charge in [0.25, 0.3) is 0 Å². The number of nitrogens with one attached hydrogen (secondary N) is 1. The van der Waals surface area contributed by atoms with Gasteiger partial charge in [0.1, 0.15) is 18.1 Å². The molecule has 0 heterocycles. The van der Waals surface area contributed by atoms with Gasteiger partial charge in [0.2, 0.25) is 11.8 Å². The zero-order valence-electron chi connectivity index (χ0n) is 16.0. The van der Waals surface area contributed by atoms with Gasteiger partial charge in [-0.15, -0.1) is 0 Å². The molecular formula is C21H23N3O4. The Morgan fingerprint density at radius 1 is 1.14 bits per heavy atom. The molecule has 28 heavy (non-hydrogen) atoms. The first-order valence-corrected chi connectivity index (χ1v) is 8.85. The Labute approximate surface area is 164 Å². The summed E-state index contributed by atoms with van der Waals surface area (Å²) in [5.41, 5.74) is 1.06. The number of anilines is 1. The van der Waals surface area contributed by atoms with Crippen molar-refractivity contribution in [3.8, 4) is 17.6 Å². The average molecular weight is 381 g/mol. The maximum absolute atomic E-state index is 12.0. The Kier molecular flexibility index (Phi) is 7.85. The maximum atomic E-state index is 12.0. The van der Waals surface area contributed by atoms with Gasteiger partial charge in [-0.25, -0.2) is 0 Å². The Hall–Kier alpha value is -3.53. The summed E-state index contributed by atoms with van der Waals surface area (Å²) >= 11 is 0. The molecule has 0 atom stereocenters. The summed E-state index contributed by atoms with van der Waals surface area (Å²) in [5, 5.41) is 11.8. The number of methoxy groups -OCH3 is 1. The van der Waals surface area contributed by atoms with Gasteiger partial charge < -0.3 is 19.7 Å². The lowest BCUT2D eigenvalue weighted by molar-refractivity contribution is -0.121. The van der Waals surface area contributed by atoms with Crippen molar-refractivity contribution in [3.05, 3.63) is 54.1 Å². The summed E-state index contributed by atoms with van der Waals surface area (Å²) in [6.45, 7) is 2.35. The largest absolute Gasteiger partial charge is 0.497 e. The van der Waals surface area contributed by atoms with Crippen LogP contribution in [0.5, 0.6) is 11.5 Å². The molecule has 2 aromatic rings. The molecule has 0 saturated carbocycles. The Morgan fingerprint density at radius 2 is 1.86 bits per heavy atom. The van der Waals surface area contributed by atoms with E-state index < -0.39 is 0 Å². The van der Waals surface area contributed by atoms with Crippen LogP contribution in [0.25, 0.3) is 0 Å². The normalized spacial score (nSPS) is 9.89. The molecule has 1 N–H and O–H groups in total. The molecule has 7 nitrogen and oxygen atoms in total. The predicted molar refractivity (Wildman–Crippen MR) is 105 cm³/mol. The van der Waals surface area contributed by atoms with Gasteiger partial charge in [0.15, 0.2) is 0 Å². The predicted octanol–water partition coefficient (Wildman–Crippen LogP) is 2.51. The second-order valence-electron chi connectivity index (χ2n) is 5.96. The van der Waals surface area contributed by atoms with Crippen molar-refractivity contribution in [3.63, 3.8) is 0 Å². The molecule has 0 fully saturated rings. The third-order valence-corrected chi connectivity index (χ3v) is 3.98. The van der Waals surface area contributed by atoms with Crippen molar-refractivity contribution in [1.29, 1.82) is 5.26 Å². The van der Waals surface area contributed by atoms with Crippen LogP contribution in [0.3, 0.4) is 0 Å². The number of benzene rings is 2. The molecule has 0 aliphatic carbocycles. The van der Waals surface area contributed by atoms with Crippen LogP contribution in [0, 0.1) is 11.3 Å². The number of rotatable bonds is 9. The third kappa shape index (κ3) is 6.32. The van der Waals surface area contributed by atoms with Gasteiger partial charge in [-0.1, -0.05) is 6.07 Å². The summed E-state index contributed by atoms with van der Waals surface area (Å²) in [7, 11) is 1.60. The fraction of sp³-hybridized carbons (Fsp3) is 0.286. The van der Waals surface area contributed by atoms with Crippen LogP contribution in [0.4, 0.5) is 5.69 Å². The Balaban J connectivity index is 1.76. The molecule has 146 valence electrons. The Morgan fingerprint density at radius 3 is 2.50 bits per heavy atom. The number of amides is 2. The van der Waals surface area contributed by atoms with Crippen molar-refractivity contribution in [2.24, 2.45) is 0 Å². The first-order chi connectivity index (χ1) is 13.5. The molecule has 0 saturated heterocycles. The van der Waals surface area contributed by atoms with Crippen LogP contribution in [0.2, 0.25) is 0 Å². The SMILES string of the molecule is COc1ccc(OCCNC(=O)CCN(C(C)=O)c2cccc(C#N)c2)cc1. The molecule has 0 bridgehead atoms. The average Bonchev–Trinajstić information content (AvgIpc) is 2.71. The van der Waals surface area contributed by atoms with E-state index in [4.69, 9.17) is 14.7 Å². The van der Waals surface area contributed by atoms with Crippen molar-refractivity contribution >= 4 is 17.5 Å². The van der Waals surface area contributed by atoms with E-state index in [0.717, 1.165) is 5.75 Å². The zero-order chi connectivity index (χ0) is 20.4. The minimum absolute atomic E-state index is 0.152. The van der Waals surface area contributed by atoms with Crippen molar-refractivity contribution in [1.82, 2.24) is 5.32 Å². The van der Waals surface area contributed by atoms with E-state index in [0.29, 0.717) is 30.2 Å². The van der Waals surface area contributed by atoms with Crippen LogP contribution in [0.15, 0.2) is 48.5 Å². The lowest BCUT2D eigenvalue weighted by Gasteiger charge is -2.21. The Bertz CT molecular complexity index is 843. The number of hydrogen-bond acceptors (Lipinski definition) is 5. The van der Waals surface area contributed by atoms with Crippen LogP contribution in [0.1, 0.15) is 18.9 Å². The molecular weight excluding hydrogens is 358 g/mol. The van der Waals surface area contributed by atoms with Gasteiger partial charge >= 0.3 is 0 Å². The highest BCUT2D eigenvalue weighted by molar-refractivity contribution is 5.92. The molecule has 0 aliphatic heterocycles. The number of carbonyl (C=O) groups excluding carboxylic acids is 2. The summed E-state index contributed by atoms with van der Waals surface area (Å²) < 4.78 is 10.6. The van der Waals surface area contributed by atoms with Gasteiger partial charge in [0, 0.05) is 25.6 Å². The lowest BCUT2D eigenvalue weighted by Crippen LogP contribution is -2.35.